The van der Waals surface area contributed by atoms with Crippen molar-refractivity contribution in [1.29, 1.82) is 0 Å². The lowest BCUT2D eigenvalue weighted by molar-refractivity contribution is 0.0741. The molecule has 0 unspecified atom stereocenters. The first-order valence-corrected chi connectivity index (χ1v) is 10.8. The monoisotopic (exact) mass is 424 g/mol. The molecule has 7 nitrogen and oxygen atoms in total. The fourth-order valence-electron chi connectivity index (χ4n) is 2.93. The Morgan fingerprint density at radius 2 is 2.03 bits per heavy atom. The summed E-state index contributed by atoms with van der Waals surface area (Å²) in [7, 11) is 1.79. The van der Waals surface area contributed by atoms with Crippen molar-refractivity contribution >= 4 is 28.6 Å². The fourth-order valence-corrected chi connectivity index (χ4v) is 4.52. The summed E-state index contributed by atoms with van der Waals surface area (Å²) >= 11 is 3.18. The van der Waals surface area contributed by atoms with Gasteiger partial charge >= 0.3 is 0 Å². The van der Waals surface area contributed by atoms with Gasteiger partial charge in [0, 0.05) is 24.3 Å². The zero-order valence-electron chi connectivity index (χ0n) is 16.5. The second-order valence-corrected chi connectivity index (χ2v) is 8.53. The van der Waals surface area contributed by atoms with E-state index in [1.54, 1.807) is 51.7 Å². The lowest BCUT2D eigenvalue weighted by atomic mass is 10.2. The molecule has 0 aliphatic heterocycles. The van der Waals surface area contributed by atoms with Gasteiger partial charge in [-0.1, -0.05) is 6.07 Å². The van der Waals surface area contributed by atoms with Gasteiger partial charge in [0.15, 0.2) is 0 Å². The second-order valence-electron chi connectivity index (χ2n) is 6.69. The van der Waals surface area contributed by atoms with E-state index in [4.69, 9.17) is 0 Å². The molecule has 4 heterocycles. The van der Waals surface area contributed by atoms with E-state index < -0.39 is 0 Å². The molecule has 0 aliphatic carbocycles. The Labute approximate surface area is 176 Å². The second kappa shape index (κ2) is 7.84. The number of aromatic nitrogens is 5. The lowest BCUT2D eigenvalue weighted by Gasteiger charge is -2.23. The summed E-state index contributed by atoms with van der Waals surface area (Å²) < 4.78 is 1.61. The van der Waals surface area contributed by atoms with Crippen LogP contribution >= 0.6 is 22.7 Å². The minimum absolute atomic E-state index is 0.108. The number of thiophene rings is 1. The number of thiazole rings is 1. The molecule has 148 valence electrons. The molecular formula is C20H20N6OS2. The molecule has 0 aliphatic rings. The summed E-state index contributed by atoms with van der Waals surface area (Å²) in [5, 5.41) is 9.29. The number of aryl methyl sites for hydroxylation is 1. The van der Waals surface area contributed by atoms with E-state index in [1.807, 2.05) is 49.7 Å². The van der Waals surface area contributed by atoms with Crippen LogP contribution in [0, 0.1) is 13.8 Å². The van der Waals surface area contributed by atoms with E-state index in [1.165, 1.54) is 0 Å². The van der Waals surface area contributed by atoms with Gasteiger partial charge in [0.25, 0.3) is 11.9 Å². The largest absolute Gasteiger partial charge is 0.332 e. The van der Waals surface area contributed by atoms with Gasteiger partial charge in [-0.2, -0.15) is 5.10 Å². The maximum absolute atomic E-state index is 13.1. The Hall–Kier alpha value is -2.91. The van der Waals surface area contributed by atoms with E-state index in [2.05, 4.69) is 20.1 Å². The van der Waals surface area contributed by atoms with Crippen LogP contribution in [0.2, 0.25) is 0 Å². The molecule has 4 rings (SSSR count). The van der Waals surface area contributed by atoms with Gasteiger partial charge in [-0.3, -0.25) is 4.79 Å². The summed E-state index contributed by atoms with van der Waals surface area (Å²) in [6, 6.07) is 5.74. The molecule has 1 amide bonds. The molecule has 0 fully saturated rings. The van der Waals surface area contributed by atoms with Gasteiger partial charge < -0.3 is 4.90 Å². The zero-order chi connectivity index (χ0) is 20.5. The van der Waals surface area contributed by atoms with Crippen LogP contribution < -0.4 is 0 Å². The molecule has 0 radical (unpaired) electrons. The molecule has 29 heavy (non-hydrogen) atoms. The van der Waals surface area contributed by atoms with Crippen molar-refractivity contribution in [2.45, 2.75) is 26.8 Å². The summed E-state index contributed by atoms with van der Waals surface area (Å²) in [6.07, 6.45) is 3.29. The van der Waals surface area contributed by atoms with Crippen LogP contribution in [-0.4, -0.2) is 42.6 Å². The topological polar surface area (TPSA) is 76.8 Å². The average Bonchev–Trinajstić information content (AvgIpc) is 3.47. The molecule has 4 aromatic rings. The quantitative estimate of drug-likeness (QED) is 0.477. The van der Waals surface area contributed by atoms with Crippen molar-refractivity contribution in [2.24, 2.45) is 0 Å². The van der Waals surface area contributed by atoms with Crippen molar-refractivity contribution in [3.05, 3.63) is 63.3 Å². The molecule has 0 aromatic carbocycles. The Kier molecular flexibility index (Phi) is 5.25. The lowest BCUT2D eigenvalue weighted by Crippen LogP contribution is -2.30. The highest BCUT2D eigenvalue weighted by Gasteiger charge is 2.25. The first-order chi connectivity index (χ1) is 14.0. The minimum Gasteiger partial charge on any atom is -0.332 e. The molecule has 1 atom stereocenters. The van der Waals surface area contributed by atoms with Gasteiger partial charge in [-0.25, -0.2) is 19.6 Å². The first kappa shape index (κ1) is 19.4. The van der Waals surface area contributed by atoms with Crippen molar-refractivity contribution in [1.82, 2.24) is 29.6 Å². The molecule has 4 aromatic heterocycles. The third kappa shape index (κ3) is 3.70. The molecule has 0 N–H and O–H groups in total. The predicted molar refractivity (Wildman–Crippen MR) is 115 cm³/mol. The standard InChI is InChI=1S/C20H20N6OS2/c1-12-11-29-18(23-12)14(3)25(4)19(27)15-10-22-26(13(15)2)20-21-8-7-16(24-20)17-6-5-9-28-17/h5-11,14H,1-4H3/t14-/m1/s1. The minimum atomic E-state index is -0.123. The van der Waals surface area contributed by atoms with E-state index >= 15 is 0 Å². The highest BCUT2D eigenvalue weighted by atomic mass is 32.1. The Morgan fingerprint density at radius 3 is 2.72 bits per heavy atom. The van der Waals surface area contributed by atoms with Gasteiger partial charge in [0.2, 0.25) is 0 Å². The third-order valence-corrected chi connectivity index (χ3v) is 6.77. The normalized spacial score (nSPS) is 12.1. The van der Waals surface area contributed by atoms with Gasteiger partial charge in [0.05, 0.1) is 34.1 Å². The number of hydrogen-bond donors (Lipinski definition) is 0. The maximum Gasteiger partial charge on any atom is 0.257 e. The third-order valence-electron chi connectivity index (χ3n) is 4.74. The number of carbonyl (C=O) groups excluding carboxylic acids is 1. The number of carbonyl (C=O) groups is 1. The van der Waals surface area contributed by atoms with Crippen LogP contribution in [0.15, 0.2) is 41.4 Å². The summed E-state index contributed by atoms with van der Waals surface area (Å²) in [5.74, 6) is 0.335. The molecule has 0 saturated carbocycles. The average molecular weight is 425 g/mol. The predicted octanol–water partition coefficient (Wildman–Crippen LogP) is 4.30. The Balaban J connectivity index is 1.62. The first-order valence-electron chi connectivity index (χ1n) is 9.07. The summed E-state index contributed by atoms with van der Waals surface area (Å²) in [4.78, 5) is 29.3. The SMILES string of the molecule is Cc1csc([C@@H](C)N(C)C(=O)c2cnn(-c3nccc(-c4cccs4)n3)c2C)n1. The summed E-state index contributed by atoms with van der Waals surface area (Å²) in [6.45, 7) is 5.78. The van der Waals surface area contributed by atoms with Gasteiger partial charge in [-0.05, 0) is 38.3 Å². The fraction of sp³-hybridized carbons (Fsp3) is 0.250. The van der Waals surface area contributed by atoms with E-state index in [9.17, 15) is 4.79 Å². The van der Waals surface area contributed by atoms with Crippen LogP contribution in [0.1, 0.15) is 39.7 Å². The Morgan fingerprint density at radius 1 is 1.21 bits per heavy atom. The van der Waals surface area contributed by atoms with Crippen LogP contribution in [0.3, 0.4) is 0 Å². The summed E-state index contributed by atoms with van der Waals surface area (Å²) in [5.41, 5.74) is 3.02. The molecular weight excluding hydrogens is 404 g/mol. The molecule has 9 heteroatoms. The van der Waals surface area contributed by atoms with Crippen LogP contribution in [-0.2, 0) is 0 Å². The Bertz CT molecular complexity index is 1150. The molecule has 0 bridgehead atoms. The zero-order valence-corrected chi connectivity index (χ0v) is 18.2. The smallest absolute Gasteiger partial charge is 0.257 e. The maximum atomic E-state index is 13.1. The van der Waals surface area contributed by atoms with Crippen molar-refractivity contribution < 1.29 is 4.79 Å². The van der Waals surface area contributed by atoms with Gasteiger partial charge in [-0.15, -0.1) is 22.7 Å². The highest BCUT2D eigenvalue weighted by Crippen LogP contribution is 2.26. The van der Waals surface area contributed by atoms with Crippen LogP contribution in [0.25, 0.3) is 16.5 Å². The number of hydrogen-bond acceptors (Lipinski definition) is 7. The van der Waals surface area contributed by atoms with E-state index in [0.29, 0.717) is 17.2 Å². The van der Waals surface area contributed by atoms with E-state index in [-0.39, 0.29) is 11.9 Å². The van der Waals surface area contributed by atoms with Crippen LogP contribution in [0.5, 0.6) is 0 Å². The number of rotatable bonds is 5. The van der Waals surface area contributed by atoms with Crippen molar-refractivity contribution in [3.63, 3.8) is 0 Å². The molecule has 0 spiro atoms. The highest BCUT2D eigenvalue weighted by molar-refractivity contribution is 7.13. The number of nitrogens with zero attached hydrogens (tertiary/aromatic N) is 6. The van der Waals surface area contributed by atoms with Crippen LogP contribution in [0.4, 0.5) is 0 Å². The van der Waals surface area contributed by atoms with E-state index in [0.717, 1.165) is 21.3 Å². The van der Waals surface area contributed by atoms with Crippen molar-refractivity contribution in [2.75, 3.05) is 7.05 Å². The number of amides is 1. The van der Waals surface area contributed by atoms with Gasteiger partial charge in [0.1, 0.15) is 5.01 Å². The van der Waals surface area contributed by atoms with Crippen molar-refractivity contribution in [3.8, 4) is 16.5 Å². The molecule has 0 saturated heterocycles.